The number of para-hydroxylation sites is 1. The SMILES string of the molecule is COCCN(CC(=O)N1CCc2sccc2[C@@H]1COc1ccccc1C)C(=O)C(C)C. The van der Waals surface area contributed by atoms with Crippen molar-refractivity contribution in [1.82, 2.24) is 9.80 Å². The third-order valence-electron chi connectivity index (χ3n) is 5.60. The summed E-state index contributed by atoms with van der Waals surface area (Å²) in [5.74, 6) is 0.565. The van der Waals surface area contributed by atoms with Crippen molar-refractivity contribution < 1.29 is 19.1 Å². The normalized spacial score (nSPS) is 15.6. The Morgan fingerprint density at radius 1 is 1.26 bits per heavy atom. The molecular formula is C24H32N2O4S. The van der Waals surface area contributed by atoms with Crippen molar-refractivity contribution in [2.45, 2.75) is 33.2 Å². The van der Waals surface area contributed by atoms with Crippen LogP contribution in [0.1, 0.15) is 35.9 Å². The van der Waals surface area contributed by atoms with E-state index in [1.807, 2.05) is 49.9 Å². The van der Waals surface area contributed by atoms with E-state index in [4.69, 9.17) is 9.47 Å². The van der Waals surface area contributed by atoms with Gasteiger partial charge in [-0.2, -0.15) is 0 Å². The number of thiophene rings is 1. The van der Waals surface area contributed by atoms with Crippen LogP contribution in [0.5, 0.6) is 5.75 Å². The van der Waals surface area contributed by atoms with Gasteiger partial charge >= 0.3 is 0 Å². The van der Waals surface area contributed by atoms with Crippen molar-refractivity contribution >= 4 is 23.2 Å². The Morgan fingerprint density at radius 3 is 2.74 bits per heavy atom. The van der Waals surface area contributed by atoms with Gasteiger partial charge in [0, 0.05) is 31.0 Å². The van der Waals surface area contributed by atoms with Gasteiger partial charge in [0.15, 0.2) is 0 Å². The number of ether oxygens (including phenoxy) is 2. The zero-order chi connectivity index (χ0) is 22.4. The number of carbonyl (C=O) groups excluding carboxylic acids is 2. The van der Waals surface area contributed by atoms with Gasteiger partial charge in [0.25, 0.3) is 0 Å². The maximum Gasteiger partial charge on any atom is 0.242 e. The van der Waals surface area contributed by atoms with Crippen LogP contribution in [0.3, 0.4) is 0 Å². The maximum absolute atomic E-state index is 13.4. The third-order valence-corrected chi connectivity index (χ3v) is 6.60. The highest BCUT2D eigenvalue weighted by atomic mass is 32.1. The quantitative estimate of drug-likeness (QED) is 0.592. The van der Waals surface area contributed by atoms with Crippen LogP contribution in [0.4, 0.5) is 0 Å². The molecule has 2 aromatic rings. The molecule has 0 spiro atoms. The lowest BCUT2D eigenvalue weighted by Crippen LogP contribution is -2.49. The minimum Gasteiger partial charge on any atom is -0.491 e. The molecule has 6 nitrogen and oxygen atoms in total. The molecule has 0 saturated heterocycles. The van der Waals surface area contributed by atoms with Crippen molar-refractivity contribution in [2.75, 3.05) is 40.0 Å². The topological polar surface area (TPSA) is 59.1 Å². The molecule has 2 amide bonds. The number of amides is 2. The molecule has 0 aliphatic carbocycles. The summed E-state index contributed by atoms with van der Waals surface area (Å²) < 4.78 is 11.3. The van der Waals surface area contributed by atoms with Gasteiger partial charge in [0.2, 0.25) is 11.8 Å². The van der Waals surface area contributed by atoms with Crippen molar-refractivity contribution in [3.8, 4) is 5.75 Å². The standard InChI is InChI=1S/C24H32N2O4S/c1-17(2)24(28)25(12-13-29-4)15-23(27)26-11-9-22-19(10-14-31-22)20(26)16-30-21-8-6-5-7-18(21)3/h5-8,10,14,17,20H,9,11-13,15-16H2,1-4H3/t20-/m0/s1. The second-order valence-electron chi connectivity index (χ2n) is 8.14. The van der Waals surface area contributed by atoms with Gasteiger partial charge in [0.05, 0.1) is 19.2 Å². The highest BCUT2D eigenvalue weighted by molar-refractivity contribution is 7.10. The zero-order valence-electron chi connectivity index (χ0n) is 18.8. The van der Waals surface area contributed by atoms with E-state index >= 15 is 0 Å². The summed E-state index contributed by atoms with van der Waals surface area (Å²) in [4.78, 5) is 30.8. The van der Waals surface area contributed by atoms with Gasteiger partial charge in [-0.1, -0.05) is 32.0 Å². The summed E-state index contributed by atoms with van der Waals surface area (Å²) in [6.07, 6.45) is 0.829. The Hall–Kier alpha value is -2.38. The molecule has 1 aromatic carbocycles. The van der Waals surface area contributed by atoms with E-state index in [1.54, 1.807) is 23.3 Å². The molecule has 7 heteroatoms. The summed E-state index contributed by atoms with van der Waals surface area (Å²) in [5, 5.41) is 2.08. The zero-order valence-corrected chi connectivity index (χ0v) is 19.6. The largest absolute Gasteiger partial charge is 0.491 e. The summed E-state index contributed by atoms with van der Waals surface area (Å²) in [7, 11) is 1.60. The van der Waals surface area contributed by atoms with Crippen LogP contribution in [0.15, 0.2) is 35.7 Å². The average molecular weight is 445 g/mol. The minimum absolute atomic E-state index is 0.0358. The first kappa shape index (κ1) is 23.3. The van der Waals surface area contributed by atoms with Crippen LogP contribution in [0, 0.1) is 12.8 Å². The molecule has 0 unspecified atom stereocenters. The minimum atomic E-state index is -0.172. The van der Waals surface area contributed by atoms with E-state index in [9.17, 15) is 9.59 Å². The number of nitrogens with zero attached hydrogens (tertiary/aromatic N) is 2. The highest BCUT2D eigenvalue weighted by Crippen LogP contribution is 2.34. The van der Waals surface area contributed by atoms with Crippen molar-refractivity contribution in [3.05, 3.63) is 51.7 Å². The number of aryl methyl sites for hydroxylation is 1. The number of methoxy groups -OCH3 is 1. The fourth-order valence-electron chi connectivity index (χ4n) is 3.85. The van der Waals surface area contributed by atoms with Gasteiger partial charge in [-0.3, -0.25) is 9.59 Å². The monoisotopic (exact) mass is 444 g/mol. The fourth-order valence-corrected chi connectivity index (χ4v) is 4.78. The molecule has 0 N–H and O–H groups in total. The summed E-state index contributed by atoms with van der Waals surface area (Å²) in [6.45, 7) is 7.59. The summed E-state index contributed by atoms with van der Waals surface area (Å²) >= 11 is 1.73. The summed E-state index contributed by atoms with van der Waals surface area (Å²) in [5.41, 5.74) is 2.21. The molecular weight excluding hydrogens is 412 g/mol. The van der Waals surface area contributed by atoms with Crippen LogP contribution in [-0.4, -0.2) is 61.6 Å². The van der Waals surface area contributed by atoms with Gasteiger partial charge in [0.1, 0.15) is 12.4 Å². The highest BCUT2D eigenvalue weighted by Gasteiger charge is 2.33. The average Bonchev–Trinajstić information content (AvgIpc) is 3.24. The Kier molecular flexibility index (Phi) is 8.09. The van der Waals surface area contributed by atoms with E-state index < -0.39 is 0 Å². The van der Waals surface area contributed by atoms with Gasteiger partial charge in [-0.25, -0.2) is 0 Å². The van der Waals surface area contributed by atoms with E-state index in [-0.39, 0.29) is 30.3 Å². The molecule has 1 atom stereocenters. The van der Waals surface area contributed by atoms with E-state index in [2.05, 4.69) is 11.4 Å². The third kappa shape index (κ3) is 5.66. The molecule has 0 fully saturated rings. The first-order chi connectivity index (χ1) is 14.9. The molecule has 3 rings (SSSR count). The van der Waals surface area contributed by atoms with Crippen LogP contribution in [0.25, 0.3) is 0 Å². The fraction of sp³-hybridized carbons (Fsp3) is 0.500. The van der Waals surface area contributed by atoms with Crippen molar-refractivity contribution in [3.63, 3.8) is 0 Å². The number of benzene rings is 1. The van der Waals surface area contributed by atoms with Gasteiger partial charge < -0.3 is 19.3 Å². The van der Waals surface area contributed by atoms with Crippen molar-refractivity contribution in [2.24, 2.45) is 5.92 Å². The van der Waals surface area contributed by atoms with E-state index in [1.165, 1.54) is 4.88 Å². The Morgan fingerprint density at radius 2 is 2.03 bits per heavy atom. The van der Waals surface area contributed by atoms with Crippen molar-refractivity contribution in [1.29, 1.82) is 0 Å². The van der Waals surface area contributed by atoms with E-state index in [0.717, 1.165) is 23.3 Å². The number of fused-ring (bicyclic) bond motifs is 1. The number of hydrogen-bond donors (Lipinski definition) is 0. The lowest BCUT2D eigenvalue weighted by Gasteiger charge is -2.37. The number of rotatable bonds is 9. The second-order valence-corrected chi connectivity index (χ2v) is 9.14. The molecule has 0 radical (unpaired) electrons. The Labute approximate surface area is 188 Å². The number of carbonyl (C=O) groups is 2. The van der Waals surface area contributed by atoms with Crippen LogP contribution < -0.4 is 4.74 Å². The summed E-state index contributed by atoms with van der Waals surface area (Å²) in [6, 6.07) is 9.82. The van der Waals surface area contributed by atoms with Crippen LogP contribution in [0.2, 0.25) is 0 Å². The second kappa shape index (κ2) is 10.8. The van der Waals surface area contributed by atoms with Gasteiger partial charge in [-0.15, -0.1) is 11.3 Å². The smallest absolute Gasteiger partial charge is 0.242 e. The first-order valence-electron chi connectivity index (χ1n) is 10.7. The lowest BCUT2D eigenvalue weighted by molar-refractivity contribution is -0.144. The molecule has 0 bridgehead atoms. The molecule has 168 valence electrons. The molecule has 1 aliphatic rings. The molecule has 1 aliphatic heterocycles. The van der Waals surface area contributed by atoms with Crippen LogP contribution >= 0.6 is 11.3 Å². The number of hydrogen-bond acceptors (Lipinski definition) is 5. The van der Waals surface area contributed by atoms with E-state index in [0.29, 0.717) is 26.3 Å². The lowest BCUT2D eigenvalue weighted by atomic mass is 10.00. The molecule has 0 saturated carbocycles. The molecule has 2 heterocycles. The first-order valence-corrected chi connectivity index (χ1v) is 11.6. The predicted molar refractivity (Wildman–Crippen MR) is 122 cm³/mol. The molecule has 31 heavy (non-hydrogen) atoms. The predicted octanol–water partition coefficient (Wildman–Crippen LogP) is 3.69. The Bertz CT molecular complexity index is 895. The molecule has 1 aromatic heterocycles. The maximum atomic E-state index is 13.4. The van der Waals surface area contributed by atoms with Crippen LogP contribution in [-0.2, 0) is 20.7 Å². The van der Waals surface area contributed by atoms with Gasteiger partial charge in [-0.05, 0) is 42.0 Å². The Balaban J connectivity index is 1.77.